The molecular formula is C12H20N2O2. The minimum atomic E-state index is -0.616. The Morgan fingerprint density at radius 1 is 1.56 bits per heavy atom. The fourth-order valence-electron chi connectivity index (χ4n) is 2.63. The number of nitrogens with zero attached hydrogens (tertiary/aromatic N) is 2. The summed E-state index contributed by atoms with van der Waals surface area (Å²) in [5.41, 5.74) is -0.409. The molecule has 2 rings (SSSR count). The molecule has 0 spiro atoms. The van der Waals surface area contributed by atoms with Crippen LogP contribution in [-0.4, -0.2) is 26.9 Å². The Labute approximate surface area is 96.3 Å². The summed E-state index contributed by atoms with van der Waals surface area (Å²) in [5.74, 6) is 0.704. The molecule has 1 aliphatic carbocycles. The molecule has 0 radical (unpaired) electrons. The predicted molar refractivity (Wildman–Crippen MR) is 61.0 cm³/mol. The number of aromatic nitrogens is 2. The van der Waals surface area contributed by atoms with Gasteiger partial charge in [-0.25, -0.2) is 4.98 Å². The first-order chi connectivity index (χ1) is 7.69. The van der Waals surface area contributed by atoms with Crippen molar-refractivity contribution in [1.82, 2.24) is 9.55 Å². The van der Waals surface area contributed by atoms with E-state index in [4.69, 9.17) is 4.74 Å². The lowest BCUT2D eigenvalue weighted by Gasteiger charge is -2.33. The summed E-state index contributed by atoms with van der Waals surface area (Å²) in [7, 11) is 1.90. The van der Waals surface area contributed by atoms with Gasteiger partial charge >= 0.3 is 0 Å². The quantitative estimate of drug-likeness (QED) is 0.848. The molecule has 0 amide bonds. The zero-order chi connectivity index (χ0) is 11.6. The Balaban J connectivity index is 2.23. The second kappa shape index (κ2) is 4.55. The van der Waals surface area contributed by atoms with E-state index in [1.54, 1.807) is 6.20 Å². The molecular weight excluding hydrogens is 204 g/mol. The Hall–Kier alpha value is -0.870. The van der Waals surface area contributed by atoms with Gasteiger partial charge in [0, 0.05) is 26.0 Å². The lowest BCUT2D eigenvalue weighted by Crippen LogP contribution is -2.38. The van der Waals surface area contributed by atoms with Crippen molar-refractivity contribution in [3.05, 3.63) is 18.2 Å². The third-order valence-corrected chi connectivity index (χ3v) is 3.48. The van der Waals surface area contributed by atoms with Gasteiger partial charge < -0.3 is 14.4 Å². The van der Waals surface area contributed by atoms with Gasteiger partial charge in [-0.2, -0.15) is 0 Å². The second-order valence-corrected chi connectivity index (χ2v) is 4.50. The molecule has 1 atom stereocenters. The molecule has 0 saturated heterocycles. The normalized spacial score (nSPS) is 21.2. The first-order valence-corrected chi connectivity index (χ1v) is 5.99. The molecule has 4 nitrogen and oxygen atoms in total. The smallest absolute Gasteiger partial charge is 0.141 e. The summed E-state index contributed by atoms with van der Waals surface area (Å²) < 4.78 is 7.69. The minimum absolute atomic E-state index is 0.409. The van der Waals surface area contributed by atoms with Crippen LogP contribution in [0.25, 0.3) is 0 Å². The predicted octanol–water partition coefficient (Wildman–Crippen LogP) is 1.80. The minimum Gasteiger partial charge on any atom is -0.382 e. The number of aryl methyl sites for hydroxylation is 1. The van der Waals surface area contributed by atoms with Gasteiger partial charge in [0.1, 0.15) is 17.5 Å². The van der Waals surface area contributed by atoms with Gasteiger partial charge in [-0.05, 0) is 19.8 Å². The second-order valence-electron chi connectivity index (χ2n) is 4.50. The van der Waals surface area contributed by atoms with E-state index in [-0.39, 0.29) is 0 Å². The summed E-state index contributed by atoms with van der Waals surface area (Å²) in [4.78, 5) is 4.22. The van der Waals surface area contributed by atoms with E-state index >= 15 is 0 Å². The molecule has 0 aliphatic heterocycles. The van der Waals surface area contributed by atoms with Crippen molar-refractivity contribution in [2.75, 3.05) is 6.61 Å². The molecule has 1 aromatic heterocycles. The van der Waals surface area contributed by atoms with E-state index in [0.29, 0.717) is 12.4 Å². The highest BCUT2D eigenvalue weighted by Crippen LogP contribution is 2.42. The molecule has 1 saturated carbocycles. The van der Waals surface area contributed by atoms with E-state index in [0.717, 1.165) is 25.7 Å². The van der Waals surface area contributed by atoms with Crippen molar-refractivity contribution in [1.29, 1.82) is 0 Å². The van der Waals surface area contributed by atoms with Gasteiger partial charge in [0.2, 0.25) is 0 Å². The highest BCUT2D eigenvalue weighted by molar-refractivity contribution is 5.06. The molecule has 16 heavy (non-hydrogen) atoms. The summed E-state index contributed by atoms with van der Waals surface area (Å²) >= 11 is 0. The van der Waals surface area contributed by atoms with Gasteiger partial charge in [-0.15, -0.1) is 0 Å². The van der Waals surface area contributed by atoms with Crippen molar-refractivity contribution < 1.29 is 9.84 Å². The summed E-state index contributed by atoms with van der Waals surface area (Å²) in [6.45, 7) is 2.62. The van der Waals surface area contributed by atoms with Crippen LogP contribution in [0, 0.1) is 0 Å². The van der Waals surface area contributed by atoms with E-state index in [1.807, 2.05) is 24.7 Å². The fourth-order valence-corrected chi connectivity index (χ4v) is 2.63. The van der Waals surface area contributed by atoms with Gasteiger partial charge in [-0.3, -0.25) is 0 Å². The number of aliphatic hydroxyl groups excluding tert-OH is 1. The average molecular weight is 224 g/mol. The van der Waals surface area contributed by atoms with Crippen LogP contribution in [0.5, 0.6) is 0 Å². The van der Waals surface area contributed by atoms with Crippen molar-refractivity contribution in [2.45, 2.75) is 44.3 Å². The van der Waals surface area contributed by atoms with Gasteiger partial charge in [-0.1, -0.05) is 12.8 Å². The zero-order valence-electron chi connectivity index (χ0n) is 10.0. The van der Waals surface area contributed by atoms with Crippen molar-refractivity contribution >= 4 is 0 Å². The Bertz CT molecular complexity index is 343. The topological polar surface area (TPSA) is 47.3 Å². The molecule has 1 unspecified atom stereocenters. The molecule has 90 valence electrons. The maximum Gasteiger partial charge on any atom is 0.141 e. The van der Waals surface area contributed by atoms with Gasteiger partial charge in [0.05, 0.1) is 0 Å². The van der Waals surface area contributed by atoms with Gasteiger partial charge in [0.25, 0.3) is 0 Å². The summed E-state index contributed by atoms with van der Waals surface area (Å²) in [5, 5.41) is 10.5. The third kappa shape index (κ3) is 1.87. The highest BCUT2D eigenvalue weighted by Gasteiger charge is 2.43. The number of hydrogen-bond acceptors (Lipinski definition) is 3. The number of hydrogen-bond donors (Lipinski definition) is 1. The van der Waals surface area contributed by atoms with Gasteiger partial charge in [0.15, 0.2) is 0 Å². The Morgan fingerprint density at radius 2 is 2.25 bits per heavy atom. The number of rotatable bonds is 4. The number of imidazole rings is 1. The van der Waals surface area contributed by atoms with E-state index < -0.39 is 11.7 Å². The molecule has 1 aromatic rings. The van der Waals surface area contributed by atoms with E-state index in [1.165, 1.54) is 0 Å². The standard InChI is InChI=1S/C12H20N2O2/c1-3-16-12(6-4-5-7-12)10(15)11-13-8-9-14(11)2/h8-10,15H,3-7H2,1-2H3. The molecule has 0 aromatic carbocycles. The first kappa shape index (κ1) is 11.6. The molecule has 1 N–H and O–H groups in total. The lowest BCUT2D eigenvalue weighted by atomic mass is 9.93. The van der Waals surface area contributed by atoms with Crippen molar-refractivity contribution in [3.8, 4) is 0 Å². The van der Waals surface area contributed by atoms with E-state index in [9.17, 15) is 5.11 Å². The third-order valence-electron chi connectivity index (χ3n) is 3.48. The van der Waals surface area contributed by atoms with Crippen LogP contribution in [0.4, 0.5) is 0 Å². The SMILES string of the molecule is CCOC1(C(O)c2nccn2C)CCCC1. The van der Waals surface area contributed by atoms with Crippen LogP contribution in [0.3, 0.4) is 0 Å². The van der Waals surface area contributed by atoms with Crippen LogP contribution in [0.1, 0.15) is 44.5 Å². The Kier molecular flexibility index (Phi) is 3.30. The Morgan fingerprint density at radius 3 is 2.75 bits per heavy atom. The largest absolute Gasteiger partial charge is 0.382 e. The van der Waals surface area contributed by atoms with Crippen LogP contribution in [-0.2, 0) is 11.8 Å². The van der Waals surface area contributed by atoms with Crippen LogP contribution < -0.4 is 0 Å². The zero-order valence-corrected chi connectivity index (χ0v) is 10.0. The molecule has 1 aliphatic rings. The van der Waals surface area contributed by atoms with Crippen molar-refractivity contribution in [2.24, 2.45) is 7.05 Å². The summed E-state index contributed by atoms with van der Waals surface area (Å²) in [6, 6.07) is 0. The van der Waals surface area contributed by atoms with Crippen molar-refractivity contribution in [3.63, 3.8) is 0 Å². The van der Waals surface area contributed by atoms with Crippen LogP contribution in [0.15, 0.2) is 12.4 Å². The van der Waals surface area contributed by atoms with Crippen LogP contribution >= 0.6 is 0 Å². The number of aliphatic hydroxyl groups is 1. The molecule has 4 heteroatoms. The number of ether oxygens (including phenoxy) is 1. The lowest BCUT2D eigenvalue weighted by molar-refractivity contribution is -0.122. The fraction of sp³-hybridized carbons (Fsp3) is 0.750. The summed E-state index contributed by atoms with van der Waals surface area (Å²) in [6.07, 6.45) is 7.06. The molecule has 1 heterocycles. The average Bonchev–Trinajstić information content (AvgIpc) is 2.87. The van der Waals surface area contributed by atoms with E-state index in [2.05, 4.69) is 4.98 Å². The maximum absolute atomic E-state index is 10.5. The first-order valence-electron chi connectivity index (χ1n) is 5.99. The monoisotopic (exact) mass is 224 g/mol. The van der Waals surface area contributed by atoms with Crippen LogP contribution in [0.2, 0.25) is 0 Å². The highest BCUT2D eigenvalue weighted by atomic mass is 16.5. The maximum atomic E-state index is 10.5. The molecule has 1 fully saturated rings. The molecule has 0 bridgehead atoms.